The zero-order valence-electron chi connectivity index (χ0n) is 17.0. The minimum atomic E-state index is 0.187. The summed E-state index contributed by atoms with van der Waals surface area (Å²) in [6, 6.07) is 16.1. The maximum Gasteiger partial charge on any atom is 0.191 e. The number of amidine groups is 1. The van der Waals surface area contributed by atoms with E-state index in [1.807, 2.05) is 48.5 Å². The molecule has 0 aromatic heterocycles. The number of hydrogen-bond acceptors (Lipinski definition) is 6. The topological polar surface area (TPSA) is 70.0 Å². The van der Waals surface area contributed by atoms with Gasteiger partial charge in [-0.05, 0) is 48.1 Å². The minimum Gasteiger partial charge on any atom is -0.496 e. The van der Waals surface area contributed by atoms with Crippen molar-refractivity contribution in [3.63, 3.8) is 0 Å². The van der Waals surface area contributed by atoms with E-state index < -0.39 is 0 Å². The molecule has 0 radical (unpaired) electrons. The molecule has 2 aromatic carbocycles. The van der Waals surface area contributed by atoms with Gasteiger partial charge in [-0.1, -0.05) is 54.3 Å². The number of thiocarbonyl (C=S) groups is 1. The highest BCUT2D eigenvalue weighted by atomic mass is 32.2. The lowest BCUT2D eigenvalue weighted by Crippen LogP contribution is -2.31. The van der Waals surface area contributed by atoms with Gasteiger partial charge in [0.25, 0.3) is 0 Å². The lowest BCUT2D eigenvalue weighted by Gasteiger charge is -2.13. The molecule has 0 saturated heterocycles. The second-order valence-electron chi connectivity index (χ2n) is 6.91. The molecule has 0 saturated carbocycles. The van der Waals surface area contributed by atoms with Gasteiger partial charge in [-0.15, -0.1) is 0 Å². The van der Waals surface area contributed by atoms with Crippen molar-refractivity contribution in [1.29, 1.82) is 0 Å². The van der Waals surface area contributed by atoms with Crippen molar-refractivity contribution in [2.75, 3.05) is 12.4 Å². The quantitative estimate of drug-likeness (QED) is 0.351. The van der Waals surface area contributed by atoms with Gasteiger partial charge < -0.3 is 15.4 Å². The monoisotopic (exact) mass is 449 g/mol. The SMILES string of the molecule is COc1ccc(/C=N\NC(=S)Nc2ccccc2)cc1CSC1=N[C@@H]2C=CC=C[C@@H]2N1. The van der Waals surface area contributed by atoms with Crippen LogP contribution in [0.3, 0.4) is 0 Å². The average Bonchev–Trinajstić information content (AvgIpc) is 3.21. The van der Waals surface area contributed by atoms with Gasteiger partial charge in [0.2, 0.25) is 0 Å². The molecule has 158 valence electrons. The molecule has 0 unspecified atom stereocenters. The summed E-state index contributed by atoms with van der Waals surface area (Å²) in [7, 11) is 1.68. The third-order valence-corrected chi connectivity index (χ3v) is 5.89. The zero-order valence-corrected chi connectivity index (χ0v) is 18.6. The van der Waals surface area contributed by atoms with E-state index in [4.69, 9.17) is 21.9 Å². The average molecular weight is 450 g/mol. The van der Waals surface area contributed by atoms with Gasteiger partial charge in [0.05, 0.1) is 25.4 Å². The molecule has 0 fully saturated rings. The standard InChI is InChI=1S/C23H23N5OS2/c1-29-21-12-11-16(14-24-28-22(30)25-18-7-3-2-4-8-18)13-17(21)15-31-23-26-19-9-5-6-10-20(19)27-23/h2-14,19-20H,15H2,1H3,(H,26,27)(H2,25,28,30)/b24-14-/t19-,20+. The van der Waals surface area contributed by atoms with E-state index in [2.05, 4.69) is 45.5 Å². The number of para-hydroxylation sites is 1. The second kappa shape index (κ2) is 10.3. The number of ether oxygens (including phenoxy) is 1. The lowest BCUT2D eigenvalue weighted by molar-refractivity contribution is 0.411. The van der Waals surface area contributed by atoms with Crippen LogP contribution in [0.5, 0.6) is 5.75 Å². The first-order chi connectivity index (χ1) is 15.2. The molecular weight excluding hydrogens is 426 g/mol. The summed E-state index contributed by atoms with van der Waals surface area (Å²) < 4.78 is 5.53. The number of nitrogens with zero attached hydrogens (tertiary/aromatic N) is 2. The summed E-state index contributed by atoms with van der Waals surface area (Å²) >= 11 is 6.95. The molecule has 4 rings (SSSR count). The number of thioether (sulfide) groups is 1. The van der Waals surface area contributed by atoms with Gasteiger partial charge >= 0.3 is 0 Å². The maximum absolute atomic E-state index is 5.53. The van der Waals surface area contributed by atoms with Crippen LogP contribution in [0.4, 0.5) is 5.69 Å². The third-order valence-electron chi connectivity index (χ3n) is 4.74. The van der Waals surface area contributed by atoms with Crippen LogP contribution in [0, 0.1) is 0 Å². The lowest BCUT2D eigenvalue weighted by atomic mass is 10.1. The van der Waals surface area contributed by atoms with E-state index in [9.17, 15) is 0 Å². The Morgan fingerprint density at radius 1 is 1.23 bits per heavy atom. The first-order valence-corrected chi connectivity index (χ1v) is 11.2. The van der Waals surface area contributed by atoms with Crippen LogP contribution in [0.1, 0.15) is 11.1 Å². The first kappa shape index (κ1) is 21.1. The second-order valence-corrected chi connectivity index (χ2v) is 8.29. The fourth-order valence-corrected chi connectivity index (χ4v) is 4.33. The van der Waals surface area contributed by atoms with Gasteiger partial charge in [-0.25, -0.2) is 0 Å². The van der Waals surface area contributed by atoms with E-state index in [1.54, 1.807) is 25.1 Å². The molecule has 3 N–H and O–H groups in total. The van der Waals surface area contributed by atoms with Crippen molar-refractivity contribution in [3.8, 4) is 5.75 Å². The molecule has 1 aliphatic heterocycles. The largest absolute Gasteiger partial charge is 0.496 e. The number of hydrogen-bond donors (Lipinski definition) is 3. The van der Waals surface area contributed by atoms with Gasteiger partial charge in [-0.3, -0.25) is 10.4 Å². The van der Waals surface area contributed by atoms with Crippen molar-refractivity contribution in [3.05, 3.63) is 84.0 Å². The number of hydrazone groups is 1. The summed E-state index contributed by atoms with van der Waals surface area (Å²) in [4.78, 5) is 4.74. The van der Waals surface area contributed by atoms with Gasteiger partial charge in [0, 0.05) is 17.0 Å². The minimum absolute atomic E-state index is 0.187. The number of benzene rings is 2. The molecule has 8 heteroatoms. The highest BCUT2D eigenvalue weighted by Crippen LogP contribution is 2.27. The Balaban J connectivity index is 1.34. The third kappa shape index (κ3) is 5.74. The zero-order chi connectivity index (χ0) is 21.5. The summed E-state index contributed by atoms with van der Waals surface area (Å²) in [6.07, 6.45) is 10.1. The molecular formula is C23H23N5OS2. The number of fused-ring (bicyclic) bond motifs is 1. The van der Waals surface area contributed by atoms with Crippen LogP contribution in [0.25, 0.3) is 0 Å². The van der Waals surface area contributed by atoms with Crippen molar-refractivity contribution in [1.82, 2.24) is 10.7 Å². The molecule has 1 heterocycles. The molecule has 0 spiro atoms. The Kier molecular flexibility index (Phi) is 7.01. The Hall–Kier alpha value is -3.10. The fourth-order valence-electron chi connectivity index (χ4n) is 3.23. The molecule has 31 heavy (non-hydrogen) atoms. The van der Waals surface area contributed by atoms with Crippen molar-refractivity contribution in [2.45, 2.75) is 17.8 Å². The summed E-state index contributed by atoms with van der Waals surface area (Å²) in [5, 5.41) is 12.2. The summed E-state index contributed by atoms with van der Waals surface area (Å²) in [5.74, 6) is 1.58. The molecule has 2 aliphatic rings. The summed E-state index contributed by atoms with van der Waals surface area (Å²) in [6.45, 7) is 0. The van der Waals surface area contributed by atoms with Crippen LogP contribution < -0.4 is 20.8 Å². The predicted molar refractivity (Wildman–Crippen MR) is 134 cm³/mol. The summed E-state index contributed by atoms with van der Waals surface area (Å²) in [5.41, 5.74) is 5.78. The smallest absolute Gasteiger partial charge is 0.191 e. The highest BCUT2D eigenvalue weighted by molar-refractivity contribution is 8.13. The van der Waals surface area contributed by atoms with E-state index in [-0.39, 0.29) is 12.1 Å². The Morgan fingerprint density at radius 3 is 2.87 bits per heavy atom. The van der Waals surface area contributed by atoms with Crippen LogP contribution in [-0.2, 0) is 5.75 Å². The number of anilines is 1. The van der Waals surface area contributed by atoms with Crippen LogP contribution in [0.2, 0.25) is 0 Å². The number of methoxy groups -OCH3 is 1. The van der Waals surface area contributed by atoms with E-state index >= 15 is 0 Å². The Labute approximate surface area is 191 Å². The Bertz CT molecular complexity index is 1050. The normalized spacial score (nSPS) is 18.9. The van der Waals surface area contributed by atoms with Crippen LogP contribution in [0.15, 0.2) is 82.9 Å². The van der Waals surface area contributed by atoms with E-state index in [1.165, 1.54) is 0 Å². The first-order valence-electron chi connectivity index (χ1n) is 9.85. The number of rotatable bonds is 6. The molecule has 0 bridgehead atoms. The molecule has 0 amide bonds. The van der Waals surface area contributed by atoms with Gasteiger partial charge in [0.15, 0.2) is 10.3 Å². The fraction of sp³-hybridized carbons (Fsp3) is 0.174. The number of aliphatic imine (C=N–C) groups is 1. The van der Waals surface area contributed by atoms with E-state index in [0.717, 1.165) is 33.5 Å². The Morgan fingerprint density at radius 2 is 2.06 bits per heavy atom. The number of nitrogens with one attached hydrogen (secondary N) is 3. The molecule has 2 atom stereocenters. The van der Waals surface area contributed by atoms with Crippen LogP contribution in [-0.4, -0.2) is 35.7 Å². The number of allylic oxidation sites excluding steroid dienone is 2. The molecule has 2 aromatic rings. The van der Waals surface area contributed by atoms with E-state index in [0.29, 0.717) is 5.11 Å². The molecule has 6 nitrogen and oxygen atoms in total. The van der Waals surface area contributed by atoms with Crippen molar-refractivity contribution < 1.29 is 4.74 Å². The van der Waals surface area contributed by atoms with Crippen molar-refractivity contribution >= 4 is 46.2 Å². The molecule has 1 aliphatic carbocycles. The van der Waals surface area contributed by atoms with Gasteiger partial charge in [-0.2, -0.15) is 5.10 Å². The maximum atomic E-state index is 5.53. The van der Waals surface area contributed by atoms with Crippen LogP contribution >= 0.6 is 24.0 Å². The van der Waals surface area contributed by atoms with Crippen molar-refractivity contribution in [2.24, 2.45) is 10.1 Å². The van der Waals surface area contributed by atoms with Gasteiger partial charge in [0.1, 0.15) is 5.75 Å². The highest BCUT2D eigenvalue weighted by Gasteiger charge is 2.25. The predicted octanol–water partition coefficient (Wildman–Crippen LogP) is 4.07.